The van der Waals surface area contributed by atoms with Gasteiger partial charge in [0.1, 0.15) is 0 Å². The predicted octanol–water partition coefficient (Wildman–Crippen LogP) is 3.69. The zero-order valence-corrected chi connectivity index (χ0v) is 16.7. The van der Waals surface area contributed by atoms with Crippen molar-refractivity contribution in [3.63, 3.8) is 0 Å². The van der Waals surface area contributed by atoms with E-state index in [2.05, 4.69) is 10.6 Å². The average Bonchev–Trinajstić information content (AvgIpc) is 3.27. The van der Waals surface area contributed by atoms with Crippen molar-refractivity contribution in [1.29, 1.82) is 0 Å². The molecule has 0 fully saturated rings. The number of hydrogen-bond acceptors (Lipinski definition) is 6. The lowest BCUT2D eigenvalue weighted by atomic mass is 10.1. The van der Waals surface area contributed by atoms with Crippen LogP contribution in [0.3, 0.4) is 0 Å². The van der Waals surface area contributed by atoms with Crippen molar-refractivity contribution in [2.24, 2.45) is 0 Å². The fourth-order valence-electron chi connectivity index (χ4n) is 3.06. The van der Waals surface area contributed by atoms with Crippen LogP contribution in [0.15, 0.2) is 66.7 Å². The van der Waals surface area contributed by atoms with E-state index in [9.17, 15) is 9.59 Å². The molecule has 0 bridgehead atoms. The number of amides is 2. The zero-order valence-electron chi connectivity index (χ0n) is 16.7. The summed E-state index contributed by atoms with van der Waals surface area (Å²) in [6.45, 7) is -0.109. The van der Waals surface area contributed by atoms with E-state index in [-0.39, 0.29) is 25.2 Å². The van der Waals surface area contributed by atoms with Gasteiger partial charge in [0.25, 0.3) is 11.8 Å². The molecule has 0 saturated heterocycles. The van der Waals surface area contributed by atoms with E-state index < -0.39 is 0 Å². The summed E-state index contributed by atoms with van der Waals surface area (Å²) >= 11 is 0. The van der Waals surface area contributed by atoms with Gasteiger partial charge in [0.2, 0.25) is 6.79 Å². The van der Waals surface area contributed by atoms with E-state index in [0.29, 0.717) is 39.9 Å². The van der Waals surface area contributed by atoms with Crippen LogP contribution in [0.25, 0.3) is 0 Å². The molecule has 2 amide bonds. The number of para-hydroxylation sites is 3. The molecule has 0 atom stereocenters. The Kier molecular flexibility index (Phi) is 5.89. The van der Waals surface area contributed by atoms with Gasteiger partial charge in [-0.25, -0.2) is 0 Å². The number of hydrogen-bond donors (Lipinski definition) is 2. The third-order valence-corrected chi connectivity index (χ3v) is 4.47. The second-order valence-corrected chi connectivity index (χ2v) is 6.56. The Morgan fingerprint density at radius 2 is 1.65 bits per heavy atom. The summed E-state index contributed by atoms with van der Waals surface area (Å²) in [6, 6.07) is 19.0. The SMILES string of the molecule is COc1ccccc1OCC(=O)Nc1cccc(NC(=O)c2cccc3c2OCO3)c1. The number of carbonyl (C=O) groups is 2. The van der Waals surface area contributed by atoms with Crippen LogP contribution in [0.1, 0.15) is 10.4 Å². The molecule has 4 rings (SSSR count). The first kappa shape index (κ1) is 20.1. The third-order valence-electron chi connectivity index (χ3n) is 4.47. The van der Waals surface area contributed by atoms with E-state index in [4.69, 9.17) is 18.9 Å². The lowest BCUT2D eigenvalue weighted by molar-refractivity contribution is -0.118. The topological polar surface area (TPSA) is 95.1 Å². The van der Waals surface area contributed by atoms with Crippen LogP contribution < -0.4 is 29.6 Å². The zero-order chi connectivity index (χ0) is 21.6. The minimum Gasteiger partial charge on any atom is -0.493 e. The number of methoxy groups -OCH3 is 1. The summed E-state index contributed by atoms with van der Waals surface area (Å²) < 4.78 is 21.4. The van der Waals surface area contributed by atoms with E-state index in [1.165, 1.54) is 7.11 Å². The van der Waals surface area contributed by atoms with Crippen LogP contribution in [0.5, 0.6) is 23.0 Å². The van der Waals surface area contributed by atoms with Gasteiger partial charge >= 0.3 is 0 Å². The Bertz CT molecular complexity index is 1110. The molecule has 0 aliphatic carbocycles. The van der Waals surface area contributed by atoms with Crippen molar-refractivity contribution in [3.05, 3.63) is 72.3 Å². The lowest BCUT2D eigenvalue weighted by Crippen LogP contribution is -2.20. The van der Waals surface area contributed by atoms with Gasteiger partial charge in [-0.05, 0) is 42.5 Å². The average molecular weight is 420 g/mol. The second-order valence-electron chi connectivity index (χ2n) is 6.56. The van der Waals surface area contributed by atoms with Crippen molar-refractivity contribution in [2.45, 2.75) is 0 Å². The molecule has 0 radical (unpaired) electrons. The highest BCUT2D eigenvalue weighted by Crippen LogP contribution is 2.35. The van der Waals surface area contributed by atoms with E-state index in [0.717, 1.165) is 0 Å². The van der Waals surface area contributed by atoms with Gasteiger partial charge in [-0.2, -0.15) is 0 Å². The van der Waals surface area contributed by atoms with Crippen molar-refractivity contribution in [1.82, 2.24) is 0 Å². The lowest BCUT2D eigenvalue weighted by Gasteiger charge is -2.12. The predicted molar refractivity (Wildman–Crippen MR) is 114 cm³/mol. The maximum Gasteiger partial charge on any atom is 0.262 e. The smallest absolute Gasteiger partial charge is 0.262 e. The molecule has 1 heterocycles. The Hall–Kier alpha value is -4.20. The van der Waals surface area contributed by atoms with E-state index >= 15 is 0 Å². The molecular formula is C23H20N2O6. The van der Waals surface area contributed by atoms with Crippen LogP contribution >= 0.6 is 0 Å². The van der Waals surface area contributed by atoms with Crippen molar-refractivity contribution < 1.29 is 28.5 Å². The Balaban J connectivity index is 1.38. The maximum absolute atomic E-state index is 12.7. The molecule has 2 N–H and O–H groups in total. The largest absolute Gasteiger partial charge is 0.493 e. The number of ether oxygens (including phenoxy) is 4. The van der Waals surface area contributed by atoms with Gasteiger partial charge in [0.15, 0.2) is 29.6 Å². The second kappa shape index (κ2) is 9.08. The fourth-order valence-corrected chi connectivity index (χ4v) is 3.06. The van der Waals surface area contributed by atoms with Crippen LogP contribution in [0.2, 0.25) is 0 Å². The molecule has 31 heavy (non-hydrogen) atoms. The molecular weight excluding hydrogens is 400 g/mol. The minimum atomic E-state index is -0.346. The quantitative estimate of drug-likeness (QED) is 0.605. The molecule has 158 valence electrons. The first-order chi connectivity index (χ1) is 15.1. The van der Waals surface area contributed by atoms with E-state index in [1.54, 1.807) is 60.7 Å². The van der Waals surface area contributed by atoms with Gasteiger partial charge in [-0.1, -0.05) is 24.3 Å². The fraction of sp³-hybridized carbons (Fsp3) is 0.130. The number of anilines is 2. The van der Waals surface area contributed by atoms with Gasteiger partial charge < -0.3 is 29.6 Å². The number of carbonyl (C=O) groups excluding carboxylic acids is 2. The summed E-state index contributed by atoms with van der Waals surface area (Å²) in [5.41, 5.74) is 1.41. The van der Waals surface area contributed by atoms with Crippen molar-refractivity contribution in [2.75, 3.05) is 31.1 Å². The molecule has 0 unspecified atom stereocenters. The molecule has 1 aliphatic heterocycles. The Morgan fingerprint density at radius 1 is 0.903 bits per heavy atom. The summed E-state index contributed by atoms with van der Waals surface area (Å²) in [6.07, 6.45) is 0. The molecule has 0 spiro atoms. The first-order valence-electron chi connectivity index (χ1n) is 9.50. The normalized spacial score (nSPS) is 11.5. The Labute approximate surface area is 178 Å². The molecule has 3 aromatic rings. The van der Waals surface area contributed by atoms with Crippen LogP contribution in [-0.2, 0) is 4.79 Å². The molecule has 0 aromatic heterocycles. The highest BCUT2D eigenvalue weighted by molar-refractivity contribution is 6.07. The van der Waals surface area contributed by atoms with Gasteiger partial charge in [-0.15, -0.1) is 0 Å². The standard InChI is InChI=1S/C23H20N2O6/c1-28-18-9-2-3-10-19(18)29-13-21(26)24-15-6-4-7-16(12-15)25-23(27)17-8-5-11-20-22(17)31-14-30-20/h2-12H,13-14H2,1H3,(H,24,26)(H,25,27). The number of rotatable bonds is 7. The van der Waals surface area contributed by atoms with Crippen molar-refractivity contribution >= 4 is 23.2 Å². The summed E-state index contributed by atoms with van der Waals surface area (Å²) in [7, 11) is 1.53. The number of nitrogens with one attached hydrogen (secondary N) is 2. The van der Waals surface area contributed by atoms with E-state index in [1.807, 2.05) is 6.07 Å². The van der Waals surface area contributed by atoms with Gasteiger partial charge in [0, 0.05) is 11.4 Å². The highest BCUT2D eigenvalue weighted by atomic mass is 16.7. The van der Waals surface area contributed by atoms with Crippen molar-refractivity contribution in [3.8, 4) is 23.0 Å². The summed E-state index contributed by atoms with van der Waals surface area (Å²) in [4.78, 5) is 24.9. The molecule has 8 heteroatoms. The minimum absolute atomic E-state index is 0.0814. The molecule has 0 saturated carbocycles. The summed E-state index contributed by atoms with van der Waals surface area (Å²) in [5, 5.41) is 5.54. The van der Waals surface area contributed by atoms with Crippen LogP contribution in [0, 0.1) is 0 Å². The summed E-state index contributed by atoms with van der Waals surface area (Å²) in [5.74, 6) is 1.28. The third kappa shape index (κ3) is 4.69. The van der Waals surface area contributed by atoms with Gasteiger partial charge in [0.05, 0.1) is 12.7 Å². The molecule has 8 nitrogen and oxygen atoms in total. The molecule has 1 aliphatic rings. The maximum atomic E-state index is 12.7. The van der Waals surface area contributed by atoms with Crippen LogP contribution in [0.4, 0.5) is 11.4 Å². The van der Waals surface area contributed by atoms with Gasteiger partial charge in [-0.3, -0.25) is 9.59 Å². The van der Waals surface area contributed by atoms with Crippen LogP contribution in [-0.4, -0.2) is 32.3 Å². The first-order valence-corrected chi connectivity index (χ1v) is 9.50. The molecule has 3 aromatic carbocycles. The number of fused-ring (bicyclic) bond motifs is 1. The highest BCUT2D eigenvalue weighted by Gasteiger charge is 2.21. The monoisotopic (exact) mass is 420 g/mol. The Morgan fingerprint density at radius 3 is 2.45 bits per heavy atom. The number of benzene rings is 3.